The van der Waals surface area contributed by atoms with Gasteiger partial charge in [0, 0.05) is 17.4 Å². The fraction of sp³-hybridized carbons (Fsp3) is 0.500. The first-order valence-corrected chi connectivity index (χ1v) is 8.30. The van der Waals surface area contributed by atoms with E-state index >= 15 is 0 Å². The second-order valence-electron chi connectivity index (χ2n) is 6.07. The number of hydrogen-bond donors (Lipinski definition) is 0. The Hall–Kier alpha value is -1.40. The van der Waals surface area contributed by atoms with Crippen LogP contribution in [0.3, 0.4) is 0 Å². The molecule has 3 atom stereocenters. The molecule has 0 saturated carbocycles. The molecule has 4 rings (SSSR count). The van der Waals surface area contributed by atoms with E-state index < -0.39 is 11.8 Å². The first kappa shape index (κ1) is 14.2. The maximum absolute atomic E-state index is 12.5. The van der Waals surface area contributed by atoms with Crippen molar-refractivity contribution >= 4 is 27.8 Å². The lowest BCUT2D eigenvalue weighted by molar-refractivity contribution is -0.164. The van der Waals surface area contributed by atoms with E-state index in [4.69, 9.17) is 9.47 Å². The zero-order valence-electron chi connectivity index (χ0n) is 12.0. The molecule has 0 aromatic heterocycles. The van der Waals surface area contributed by atoms with Crippen LogP contribution in [0.5, 0.6) is 0 Å². The highest BCUT2D eigenvalue weighted by Gasteiger charge is 2.67. The lowest BCUT2D eigenvalue weighted by atomic mass is 9.88. The van der Waals surface area contributed by atoms with Gasteiger partial charge in [0.2, 0.25) is 0 Å². The van der Waals surface area contributed by atoms with Crippen molar-refractivity contribution < 1.29 is 19.1 Å². The highest BCUT2D eigenvalue weighted by atomic mass is 79.9. The average molecular weight is 366 g/mol. The minimum absolute atomic E-state index is 0.0365. The number of halogens is 1. The summed E-state index contributed by atoms with van der Waals surface area (Å²) < 4.78 is 12.3. The Morgan fingerprint density at radius 2 is 2.18 bits per heavy atom. The number of benzene rings is 1. The molecular weight excluding hydrogens is 350 g/mol. The summed E-state index contributed by atoms with van der Waals surface area (Å²) in [7, 11) is 0. The maximum Gasteiger partial charge on any atom is 0.314 e. The van der Waals surface area contributed by atoms with Crippen LogP contribution in [0, 0.1) is 5.92 Å². The van der Waals surface area contributed by atoms with Gasteiger partial charge in [-0.3, -0.25) is 9.59 Å². The Balaban J connectivity index is 1.45. The number of piperidine rings is 1. The van der Waals surface area contributed by atoms with Gasteiger partial charge in [-0.1, -0.05) is 28.1 Å². The van der Waals surface area contributed by atoms with Gasteiger partial charge < -0.3 is 14.4 Å². The number of ether oxygens (including phenoxy) is 2. The Kier molecular flexibility index (Phi) is 3.27. The van der Waals surface area contributed by atoms with Gasteiger partial charge in [-0.15, -0.1) is 0 Å². The molecule has 3 fully saturated rings. The lowest BCUT2D eigenvalue weighted by Gasteiger charge is -2.34. The van der Waals surface area contributed by atoms with E-state index in [-0.39, 0.29) is 24.4 Å². The van der Waals surface area contributed by atoms with Gasteiger partial charge in [0.1, 0.15) is 18.6 Å². The molecular formula is C16H16BrNO4. The quantitative estimate of drug-likeness (QED) is 0.770. The van der Waals surface area contributed by atoms with Crippen LogP contribution in [0.1, 0.15) is 24.8 Å². The first-order valence-electron chi connectivity index (χ1n) is 7.50. The van der Waals surface area contributed by atoms with E-state index in [1.54, 1.807) is 4.90 Å². The lowest BCUT2D eigenvalue weighted by Crippen LogP contribution is -2.52. The van der Waals surface area contributed by atoms with Crippen LogP contribution < -0.4 is 0 Å². The predicted molar refractivity (Wildman–Crippen MR) is 80.6 cm³/mol. The molecule has 3 saturated heterocycles. The molecule has 0 unspecified atom stereocenters. The minimum atomic E-state index is -0.724. The van der Waals surface area contributed by atoms with Crippen LogP contribution in [0.4, 0.5) is 0 Å². The van der Waals surface area contributed by atoms with Crippen LogP contribution in [-0.2, 0) is 25.7 Å². The van der Waals surface area contributed by atoms with E-state index in [2.05, 4.69) is 15.9 Å². The Morgan fingerprint density at radius 3 is 2.95 bits per heavy atom. The van der Waals surface area contributed by atoms with Crippen LogP contribution in [0.2, 0.25) is 0 Å². The molecule has 3 aliphatic heterocycles. The Bertz CT molecular complexity index is 632. The van der Waals surface area contributed by atoms with Crippen molar-refractivity contribution in [3.63, 3.8) is 0 Å². The normalized spacial score (nSPS) is 32.4. The monoisotopic (exact) mass is 365 g/mol. The fourth-order valence-corrected chi connectivity index (χ4v) is 4.08. The largest absolute Gasteiger partial charge is 0.460 e. The molecule has 1 spiro atoms. The van der Waals surface area contributed by atoms with Crippen LogP contribution in [0.25, 0.3) is 0 Å². The summed E-state index contributed by atoms with van der Waals surface area (Å²) >= 11 is 3.38. The number of rotatable bonds is 3. The number of nitrogens with zero attached hydrogens (tertiary/aromatic N) is 1. The number of amides is 1. The van der Waals surface area contributed by atoms with Crippen molar-refractivity contribution in [3.05, 3.63) is 34.3 Å². The van der Waals surface area contributed by atoms with E-state index in [9.17, 15) is 9.59 Å². The molecule has 3 aliphatic rings. The summed E-state index contributed by atoms with van der Waals surface area (Å²) in [6, 6.07) is 7.66. The van der Waals surface area contributed by atoms with E-state index in [0.29, 0.717) is 13.0 Å². The van der Waals surface area contributed by atoms with Gasteiger partial charge in [-0.2, -0.15) is 0 Å². The molecule has 1 aromatic carbocycles. The van der Waals surface area contributed by atoms with Gasteiger partial charge >= 0.3 is 5.97 Å². The summed E-state index contributed by atoms with van der Waals surface area (Å²) in [4.78, 5) is 26.3. The molecule has 2 bridgehead atoms. The Labute approximate surface area is 136 Å². The van der Waals surface area contributed by atoms with E-state index in [1.807, 2.05) is 24.3 Å². The van der Waals surface area contributed by atoms with Gasteiger partial charge in [-0.05, 0) is 30.5 Å². The van der Waals surface area contributed by atoms with Crippen molar-refractivity contribution in [2.45, 2.75) is 37.7 Å². The minimum Gasteiger partial charge on any atom is -0.460 e. The molecule has 116 valence electrons. The van der Waals surface area contributed by atoms with E-state index in [1.165, 1.54) is 0 Å². The third kappa shape index (κ3) is 2.01. The van der Waals surface area contributed by atoms with Crippen LogP contribution in [-0.4, -0.2) is 35.2 Å². The third-order valence-corrected chi connectivity index (χ3v) is 5.36. The second kappa shape index (κ2) is 5.06. The van der Waals surface area contributed by atoms with Crippen molar-refractivity contribution in [2.75, 3.05) is 6.54 Å². The predicted octanol–water partition coefficient (Wildman–Crippen LogP) is 2.23. The number of fused-ring (bicyclic) bond motifs is 1. The standard InChI is InChI=1S/C16H16BrNO4/c17-11-4-2-10(3-5-11)9-21-15(20)12-8-13-14(19)18-7-1-6-16(12,18)22-13/h2-5,12-13H,1,6-9H2/t12-,13+,16-/m0/s1. The highest BCUT2D eigenvalue weighted by Crippen LogP contribution is 2.52. The summed E-state index contributed by atoms with van der Waals surface area (Å²) in [5.74, 6) is -0.576. The maximum atomic E-state index is 12.5. The van der Waals surface area contributed by atoms with Gasteiger partial charge in [-0.25, -0.2) is 0 Å². The van der Waals surface area contributed by atoms with Crippen molar-refractivity contribution in [1.29, 1.82) is 0 Å². The summed E-state index contributed by atoms with van der Waals surface area (Å²) in [5.41, 5.74) is 0.218. The van der Waals surface area contributed by atoms with Crippen molar-refractivity contribution in [3.8, 4) is 0 Å². The zero-order valence-corrected chi connectivity index (χ0v) is 13.5. The summed E-state index contributed by atoms with van der Waals surface area (Å²) in [6.07, 6.45) is 1.61. The Morgan fingerprint density at radius 1 is 1.41 bits per heavy atom. The van der Waals surface area contributed by atoms with Crippen molar-refractivity contribution in [2.24, 2.45) is 5.92 Å². The van der Waals surface area contributed by atoms with Crippen LogP contribution in [0.15, 0.2) is 28.7 Å². The molecule has 6 heteroatoms. The van der Waals surface area contributed by atoms with Gasteiger partial charge in [0.05, 0.1) is 0 Å². The number of esters is 1. The molecule has 0 aliphatic carbocycles. The molecule has 1 aromatic rings. The summed E-state index contributed by atoms with van der Waals surface area (Å²) in [5, 5.41) is 0. The topological polar surface area (TPSA) is 55.8 Å². The first-order chi connectivity index (χ1) is 10.6. The smallest absolute Gasteiger partial charge is 0.314 e. The van der Waals surface area contributed by atoms with Gasteiger partial charge in [0.25, 0.3) is 5.91 Å². The molecule has 5 nitrogen and oxygen atoms in total. The molecule has 22 heavy (non-hydrogen) atoms. The van der Waals surface area contributed by atoms with E-state index in [0.717, 1.165) is 22.9 Å². The fourth-order valence-electron chi connectivity index (χ4n) is 3.81. The number of hydrogen-bond acceptors (Lipinski definition) is 4. The van der Waals surface area contributed by atoms with Gasteiger partial charge in [0.15, 0.2) is 5.72 Å². The molecule has 0 radical (unpaired) electrons. The molecule has 0 N–H and O–H groups in total. The van der Waals surface area contributed by atoms with Crippen molar-refractivity contribution in [1.82, 2.24) is 4.90 Å². The average Bonchev–Trinajstić information content (AvgIpc) is 3.17. The van der Waals surface area contributed by atoms with Crippen LogP contribution >= 0.6 is 15.9 Å². The SMILES string of the molecule is O=C(OCc1ccc(Br)cc1)[C@@H]1C[C@H]2O[C@@]13CCCN3C2=O. The second-order valence-corrected chi connectivity index (χ2v) is 6.98. The molecule has 1 amide bonds. The zero-order chi connectivity index (χ0) is 15.3. The molecule has 3 heterocycles. The highest BCUT2D eigenvalue weighted by molar-refractivity contribution is 9.10. The summed E-state index contributed by atoms with van der Waals surface area (Å²) in [6.45, 7) is 0.934. The third-order valence-electron chi connectivity index (χ3n) is 4.83. The number of carbonyl (C=O) groups is 2. The number of carbonyl (C=O) groups excluding carboxylic acids is 2.